The van der Waals surface area contributed by atoms with Crippen LogP contribution in [0.1, 0.15) is 49.8 Å². The van der Waals surface area contributed by atoms with E-state index in [1.807, 2.05) is 36.1 Å². The van der Waals surface area contributed by atoms with Crippen LogP contribution in [0.3, 0.4) is 0 Å². The van der Waals surface area contributed by atoms with Gasteiger partial charge in [0.25, 0.3) is 5.91 Å². The topological polar surface area (TPSA) is 20.3 Å². The first-order valence-corrected chi connectivity index (χ1v) is 12.0. The Kier molecular flexibility index (Phi) is 7.18. The van der Waals surface area contributed by atoms with Crippen molar-refractivity contribution in [2.45, 2.75) is 32.7 Å². The molecule has 0 N–H and O–H groups in total. The van der Waals surface area contributed by atoms with Crippen LogP contribution in [0.5, 0.6) is 0 Å². The molecule has 0 atom stereocenters. The van der Waals surface area contributed by atoms with Gasteiger partial charge < -0.3 is 4.90 Å². The summed E-state index contributed by atoms with van der Waals surface area (Å²) in [5.74, 6) is 0.352. The van der Waals surface area contributed by atoms with Crippen molar-refractivity contribution in [3.63, 3.8) is 0 Å². The van der Waals surface area contributed by atoms with Gasteiger partial charge >= 0.3 is 0 Å². The van der Waals surface area contributed by atoms with Gasteiger partial charge in [-0.05, 0) is 60.0 Å². The summed E-state index contributed by atoms with van der Waals surface area (Å²) in [5, 5.41) is 2.11. The minimum absolute atomic E-state index is 0.107. The normalized spacial score (nSPS) is 11.0. The Balaban J connectivity index is 1.62. The van der Waals surface area contributed by atoms with Gasteiger partial charge in [-0.1, -0.05) is 78.9 Å². The van der Waals surface area contributed by atoms with Gasteiger partial charge in [-0.3, -0.25) is 4.79 Å². The van der Waals surface area contributed by atoms with Gasteiger partial charge in [0, 0.05) is 22.9 Å². The van der Waals surface area contributed by atoms with Gasteiger partial charge in [0.1, 0.15) is 0 Å². The van der Waals surface area contributed by atoms with Gasteiger partial charge in [0.05, 0.1) is 6.54 Å². The largest absolute Gasteiger partial charge is 0.333 e. The van der Waals surface area contributed by atoms with Crippen LogP contribution in [0.25, 0.3) is 0 Å². The van der Waals surface area contributed by atoms with E-state index in [1.54, 1.807) is 11.3 Å². The van der Waals surface area contributed by atoms with Crippen LogP contribution in [0.15, 0.2) is 96.4 Å². The third-order valence-electron chi connectivity index (χ3n) is 6.06. The van der Waals surface area contributed by atoms with Gasteiger partial charge in [-0.2, -0.15) is 0 Å². The smallest absolute Gasteiger partial charge is 0.254 e. The molecule has 0 spiro atoms. The highest BCUT2D eigenvalue weighted by atomic mass is 32.1. The fourth-order valence-electron chi connectivity index (χ4n) is 4.16. The predicted octanol–water partition coefficient (Wildman–Crippen LogP) is 7.23. The minimum atomic E-state index is 0.107. The summed E-state index contributed by atoms with van der Waals surface area (Å²) in [6.07, 6.45) is 0.871. The number of rotatable bonds is 8. The number of thiophene rings is 1. The number of benzene rings is 3. The SMILES string of the molecule is Cc1ccccc1C(=O)N(CCC(c1ccccc1)c1ccccc1)Cc1sccc1C. The number of amides is 1. The second-order valence-electron chi connectivity index (χ2n) is 8.23. The molecular formula is C29H29NOS. The van der Waals surface area contributed by atoms with Crippen LogP contribution in [0.2, 0.25) is 0 Å². The molecule has 1 heterocycles. The zero-order valence-corrected chi connectivity index (χ0v) is 19.5. The molecule has 0 aliphatic rings. The van der Waals surface area contributed by atoms with Crippen molar-refractivity contribution >= 4 is 17.2 Å². The van der Waals surface area contributed by atoms with Crippen LogP contribution >= 0.6 is 11.3 Å². The molecule has 0 aliphatic carbocycles. The molecule has 0 fully saturated rings. The fraction of sp³-hybridized carbons (Fsp3) is 0.207. The molecule has 1 aromatic heterocycles. The predicted molar refractivity (Wildman–Crippen MR) is 134 cm³/mol. The summed E-state index contributed by atoms with van der Waals surface area (Å²) in [6.45, 7) is 5.48. The van der Waals surface area contributed by atoms with Crippen molar-refractivity contribution in [3.8, 4) is 0 Å². The molecule has 3 aromatic carbocycles. The van der Waals surface area contributed by atoms with E-state index in [0.717, 1.165) is 17.5 Å². The lowest BCUT2D eigenvalue weighted by Gasteiger charge is -2.27. The van der Waals surface area contributed by atoms with Gasteiger partial charge in [0.15, 0.2) is 0 Å². The molecule has 4 aromatic rings. The maximum absolute atomic E-state index is 13.6. The van der Waals surface area contributed by atoms with E-state index in [-0.39, 0.29) is 11.8 Å². The Morgan fingerprint density at radius 3 is 1.94 bits per heavy atom. The number of carbonyl (C=O) groups is 1. The monoisotopic (exact) mass is 439 g/mol. The third kappa shape index (κ3) is 5.17. The first-order valence-electron chi connectivity index (χ1n) is 11.1. The number of aryl methyl sites for hydroxylation is 2. The third-order valence-corrected chi connectivity index (χ3v) is 7.06. The van der Waals surface area contributed by atoms with E-state index in [2.05, 4.69) is 79.0 Å². The highest BCUT2D eigenvalue weighted by Crippen LogP contribution is 2.29. The zero-order chi connectivity index (χ0) is 22.3. The molecule has 32 heavy (non-hydrogen) atoms. The van der Waals surface area contributed by atoms with Crippen molar-refractivity contribution in [2.75, 3.05) is 6.54 Å². The molecule has 4 rings (SSSR count). The first-order chi connectivity index (χ1) is 15.6. The summed E-state index contributed by atoms with van der Waals surface area (Å²) in [4.78, 5) is 16.9. The van der Waals surface area contributed by atoms with Crippen molar-refractivity contribution in [3.05, 3.63) is 129 Å². The van der Waals surface area contributed by atoms with Crippen LogP contribution in [-0.4, -0.2) is 17.4 Å². The Labute approximate surface area is 195 Å². The second kappa shape index (κ2) is 10.4. The quantitative estimate of drug-likeness (QED) is 0.284. The van der Waals surface area contributed by atoms with Crippen LogP contribution < -0.4 is 0 Å². The molecule has 3 heteroatoms. The van der Waals surface area contributed by atoms with Crippen molar-refractivity contribution in [1.82, 2.24) is 4.90 Å². The maximum Gasteiger partial charge on any atom is 0.254 e. The molecule has 0 bridgehead atoms. The molecular weight excluding hydrogens is 410 g/mol. The summed E-state index contributed by atoms with van der Waals surface area (Å²) < 4.78 is 0. The fourth-order valence-corrected chi connectivity index (χ4v) is 5.08. The Hall–Kier alpha value is -3.17. The van der Waals surface area contributed by atoms with Crippen LogP contribution in [0.4, 0.5) is 0 Å². The highest BCUT2D eigenvalue weighted by molar-refractivity contribution is 7.10. The van der Waals surface area contributed by atoms with Crippen molar-refractivity contribution in [2.24, 2.45) is 0 Å². The van der Waals surface area contributed by atoms with E-state index >= 15 is 0 Å². The molecule has 2 nitrogen and oxygen atoms in total. The van der Waals surface area contributed by atoms with E-state index in [1.165, 1.54) is 21.6 Å². The molecule has 0 radical (unpaired) electrons. The maximum atomic E-state index is 13.6. The Morgan fingerprint density at radius 2 is 1.38 bits per heavy atom. The lowest BCUT2D eigenvalue weighted by Crippen LogP contribution is -2.32. The van der Waals surface area contributed by atoms with Crippen LogP contribution in [-0.2, 0) is 6.54 Å². The van der Waals surface area contributed by atoms with Crippen molar-refractivity contribution < 1.29 is 4.79 Å². The van der Waals surface area contributed by atoms with Gasteiger partial charge in [-0.25, -0.2) is 0 Å². The Morgan fingerprint density at radius 1 is 0.781 bits per heavy atom. The average molecular weight is 440 g/mol. The standard InChI is InChI=1S/C29H29NOS/c1-22-11-9-10-16-26(22)29(31)30(21-28-23(2)18-20-32-28)19-17-27(24-12-5-3-6-13-24)25-14-7-4-8-15-25/h3-16,18,20,27H,17,19,21H2,1-2H3. The molecule has 0 saturated heterocycles. The van der Waals surface area contributed by atoms with Gasteiger partial charge in [0.2, 0.25) is 0 Å². The summed E-state index contributed by atoms with van der Waals surface area (Å²) in [7, 11) is 0. The minimum Gasteiger partial charge on any atom is -0.333 e. The molecule has 162 valence electrons. The number of nitrogens with zero attached hydrogens (tertiary/aromatic N) is 1. The first kappa shape index (κ1) is 22.0. The highest BCUT2D eigenvalue weighted by Gasteiger charge is 2.22. The number of hydrogen-bond donors (Lipinski definition) is 0. The summed E-state index contributed by atoms with van der Waals surface area (Å²) >= 11 is 1.73. The van der Waals surface area contributed by atoms with Crippen LogP contribution in [0, 0.1) is 13.8 Å². The molecule has 0 aliphatic heterocycles. The second-order valence-corrected chi connectivity index (χ2v) is 9.23. The molecule has 0 saturated carbocycles. The summed E-state index contributed by atoms with van der Waals surface area (Å²) in [5.41, 5.74) is 5.63. The van der Waals surface area contributed by atoms with E-state index < -0.39 is 0 Å². The lowest BCUT2D eigenvalue weighted by molar-refractivity contribution is 0.0740. The number of carbonyl (C=O) groups excluding carboxylic acids is 1. The number of hydrogen-bond acceptors (Lipinski definition) is 2. The average Bonchev–Trinajstić information content (AvgIpc) is 3.24. The van der Waals surface area contributed by atoms with Crippen molar-refractivity contribution in [1.29, 1.82) is 0 Å². The Bertz CT molecular complexity index is 1110. The zero-order valence-electron chi connectivity index (χ0n) is 18.7. The van der Waals surface area contributed by atoms with E-state index in [4.69, 9.17) is 0 Å². The van der Waals surface area contributed by atoms with E-state index in [0.29, 0.717) is 13.1 Å². The lowest BCUT2D eigenvalue weighted by atomic mass is 9.88. The molecule has 0 unspecified atom stereocenters. The molecule has 1 amide bonds. The van der Waals surface area contributed by atoms with E-state index in [9.17, 15) is 4.79 Å². The summed E-state index contributed by atoms with van der Waals surface area (Å²) in [6, 6.07) is 31.3. The van der Waals surface area contributed by atoms with Gasteiger partial charge in [-0.15, -0.1) is 11.3 Å².